The van der Waals surface area contributed by atoms with Crippen LogP contribution in [0, 0.1) is 10.1 Å². The molecule has 0 N–H and O–H groups in total. The third kappa shape index (κ3) is 1.99. The summed E-state index contributed by atoms with van der Waals surface area (Å²) in [6, 6.07) is 18.0. The van der Waals surface area contributed by atoms with Crippen molar-refractivity contribution >= 4 is 16.6 Å². The number of nitro groups is 1. The Bertz CT molecular complexity index is 845. The van der Waals surface area contributed by atoms with Crippen molar-refractivity contribution in [2.24, 2.45) is 0 Å². The number of aromatic nitrogens is 1. The summed E-state index contributed by atoms with van der Waals surface area (Å²) in [6.07, 6.45) is 3.69. The maximum absolute atomic E-state index is 10.8. The molecule has 110 valence electrons. The van der Waals surface area contributed by atoms with Gasteiger partial charge in [-0.3, -0.25) is 10.1 Å². The fraction of sp³-hybridized carbons (Fsp3) is 0.222. The maximum Gasteiger partial charge on any atom is 0.269 e. The predicted molar refractivity (Wildman–Crippen MR) is 86.9 cm³/mol. The van der Waals surface area contributed by atoms with E-state index in [9.17, 15) is 10.1 Å². The smallest absolute Gasteiger partial charge is 0.269 e. The molecule has 3 aromatic rings. The monoisotopic (exact) mass is 292 g/mol. The average Bonchev–Trinajstić information content (AvgIpc) is 2.85. The molecule has 0 saturated heterocycles. The van der Waals surface area contributed by atoms with Crippen molar-refractivity contribution in [2.45, 2.75) is 25.3 Å². The van der Waals surface area contributed by atoms with E-state index in [1.165, 1.54) is 30.2 Å². The quantitative estimate of drug-likeness (QED) is 0.507. The highest BCUT2D eigenvalue weighted by atomic mass is 16.6. The molecule has 0 unspecified atom stereocenters. The molecule has 4 heteroatoms. The number of rotatable bonds is 3. The number of hydrogen-bond donors (Lipinski definition) is 0. The van der Waals surface area contributed by atoms with E-state index >= 15 is 0 Å². The van der Waals surface area contributed by atoms with E-state index in [0.29, 0.717) is 6.04 Å². The lowest BCUT2D eigenvalue weighted by atomic mass is 9.92. The summed E-state index contributed by atoms with van der Waals surface area (Å²) in [4.78, 5) is 10.5. The van der Waals surface area contributed by atoms with Crippen LogP contribution in [0.3, 0.4) is 0 Å². The Labute approximate surface area is 128 Å². The van der Waals surface area contributed by atoms with Gasteiger partial charge < -0.3 is 4.57 Å². The van der Waals surface area contributed by atoms with Crippen molar-refractivity contribution in [2.75, 3.05) is 0 Å². The molecule has 2 aromatic carbocycles. The van der Waals surface area contributed by atoms with E-state index in [0.717, 1.165) is 11.3 Å². The normalized spacial score (nSPS) is 14.9. The second-order valence-electron chi connectivity index (χ2n) is 5.85. The SMILES string of the molecule is O=[N+]([O-])c1ccc(-c2cc3ccccc3n2C2CCC2)cc1. The van der Waals surface area contributed by atoms with Crippen molar-refractivity contribution in [1.29, 1.82) is 0 Å². The van der Waals surface area contributed by atoms with Gasteiger partial charge in [-0.2, -0.15) is 0 Å². The van der Waals surface area contributed by atoms with Gasteiger partial charge in [-0.25, -0.2) is 0 Å². The first kappa shape index (κ1) is 13.1. The summed E-state index contributed by atoms with van der Waals surface area (Å²) in [7, 11) is 0. The molecule has 4 rings (SSSR count). The van der Waals surface area contributed by atoms with E-state index < -0.39 is 0 Å². The Kier molecular flexibility index (Phi) is 2.96. The van der Waals surface area contributed by atoms with Crippen LogP contribution in [-0.2, 0) is 0 Å². The lowest BCUT2D eigenvalue weighted by Crippen LogP contribution is -2.17. The Morgan fingerprint density at radius 2 is 1.77 bits per heavy atom. The molecular formula is C18H16N2O2. The van der Waals surface area contributed by atoms with Gasteiger partial charge in [-0.1, -0.05) is 18.2 Å². The summed E-state index contributed by atoms with van der Waals surface area (Å²) in [5.74, 6) is 0. The van der Waals surface area contributed by atoms with Gasteiger partial charge in [-0.05, 0) is 49.1 Å². The molecule has 0 aliphatic heterocycles. The molecule has 1 fully saturated rings. The number of nitro benzene ring substituents is 1. The predicted octanol–water partition coefficient (Wildman–Crippen LogP) is 4.94. The molecule has 4 nitrogen and oxygen atoms in total. The van der Waals surface area contributed by atoms with Crippen molar-refractivity contribution in [3.63, 3.8) is 0 Å². The van der Waals surface area contributed by atoms with Gasteiger partial charge in [-0.15, -0.1) is 0 Å². The maximum atomic E-state index is 10.8. The van der Waals surface area contributed by atoms with Gasteiger partial charge >= 0.3 is 0 Å². The number of benzene rings is 2. The molecule has 0 radical (unpaired) electrons. The lowest BCUT2D eigenvalue weighted by Gasteiger charge is -2.30. The minimum Gasteiger partial charge on any atom is -0.337 e. The van der Waals surface area contributed by atoms with Crippen LogP contribution in [0.2, 0.25) is 0 Å². The zero-order valence-electron chi connectivity index (χ0n) is 12.1. The van der Waals surface area contributed by atoms with E-state index in [2.05, 4.69) is 28.8 Å². The van der Waals surface area contributed by atoms with Crippen LogP contribution in [-0.4, -0.2) is 9.49 Å². The molecule has 0 bridgehead atoms. The molecular weight excluding hydrogens is 276 g/mol. The van der Waals surface area contributed by atoms with Gasteiger partial charge in [0.1, 0.15) is 0 Å². The highest BCUT2D eigenvalue weighted by molar-refractivity contribution is 5.87. The van der Waals surface area contributed by atoms with Gasteiger partial charge in [0, 0.05) is 34.8 Å². The van der Waals surface area contributed by atoms with E-state index in [-0.39, 0.29) is 10.6 Å². The zero-order valence-corrected chi connectivity index (χ0v) is 12.1. The number of fused-ring (bicyclic) bond motifs is 1. The molecule has 1 heterocycles. The second-order valence-corrected chi connectivity index (χ2v) is 5.85. The fourth-order valence-electron chi connectivity index (χ4n) is 3.19. The number of nitrogens with zero attached hydrogens (tertiary/aromatic N) is 2. The van der Waals surface area contributed by atoms with Crippen molar-refractivity contribution in [3.05, 3.63) is 64.7 Å². The minimum absolute atomic E-state index is 0.134. The molecule has 1 aliphatic carbocycles. The van der Waals surface area contributed by atoms with Crippen LogP contribution in [0.4, 0.5) is 5.69 Å². The molecule has 1 aliphatic rings. The summed E-state index contributed by atoms with van der Waals surface area (Å²) < 4.78 is 2.40. The van der Waals surface area contributed by atoms with E-state index in [1.54, 1.807) is 12.1 Å². The minimum atomic E-state index is -0.356. The van der Waals surface area contributed by atoms with E-state index in [1.807, 2.05) is 18.2 Å². The summed E-state index contributed by atoms with van der Waals surface area (Å²) in [5, 5.41) is 12.0. The van der Waals surface area contributed by atoms with Crippen LogP contribution < -0.4 is 0 Å². The van der Waals surface area contributed by atoms with Crippen LogP contribution in [0.1, 0.15) is 25.3 Å². The Balaban J connectivity index is 1.88. The standard InChI is InChI=1S/C18H16N2O2/c21-20(22)16-10-8-13(9-11-16)18-12-14-4-1-2-7-17(14)19(18)15-5-3-6-15/h1-2,4,7-12,15H,3,5-6H2. The fourth-order valence-corrected chi connectivity index (χ4v) is 3.19. The van der Waals surface area contributed by atoms with Crippen molar-refractivity contribution in [1.82, 2.24) is 4.57 Å². The topological polar surface area (TPSA) is 48.1 Å². The van der Waals surface area contributed by atoms with Crippen LogP contribution >= 0.6 is 0 Å². The van der Waals surface area contributed by atoms with Crippen molar-refractivity contribution < 1.29 is 4.92 Å². The van der Waals surface area contributed by atoms with Gasteiger partial charge in [0.05, 0.1) is 4.92 Å². The molecule has 0 amide bonds. The summed E-state index contributed by atoms with van der Waals surface area (Å²) >= 11 is 0. The Morgan fingerprint density at radius 3 is 2.41 bits per heavy atom. The zero-order chi connectivity index (χ0) is 15.1. The average molecular weight is 292 g/mol. The first-order chi connectivity index (χ1) is 10.7. The highest BCUT2D eigenvalue weighted by Gasteiger charge is 2.24. The molecule has 22 heavy (non-hydrogen) atoms. The molecule has 1 aromatic heterocycles. The Morgan fingerprint density at radius 1 is 1.05 bits per heavy atom. The van der Waals surface area contributed by atoms with Gasteiger partial charge in [0.2, 0.25) is 0 Å². The largest absolute Gasteiger partial charge is 0.337 e. The summed E-state index contributed by atoms with van der Waals surface area (Å²) in [5.41, 5.74) is 3.57. The summed E-state index contributed by atoms with van der Waals surface area (Å²) in [6.45, 7) is 0. The third-order valence-corrected chi connectivity index (χ3v) is 4.56. The first-order valence-electron chi connectivity index (χ1n) is 7.59. The molecule has 0 atom stereocenters. The number of non-ortho nitro benzene ring substituents is 1. The second kappa shape index (κ2) is 4.98. The Hall–Kier alpha value is -2.62. The molecule has 1 saturated carbocycles. The van der Waals surface area contributed by atoms with E-state index in [4.69, 9.17) is 0 Å². The number of hydrogen-bond acceptors (Lipinski definition) is 2. The van der Waals surface area contributed by atoms with Gasteiger partial charge in [0.15, 0.2) is 0 Å². The third-order valence-electron chi connectivity index (χ3n) is 4.56. The van der Waals surface area contributed by atoms with Crippen LogP contribution in [0.25, 0.3) is 22.2 Å². The number of para-hydroxylation sites is 1. The van der Waals surface area contributed by atoms with Crippen LogP contribution in [0.15, 0.2) is 54.6 Å². The lowest BCUT2D eigenvalue weighted by molar-refractivity contribution is -0.384. The van der Waals surface area contributed by atoms with Crippen LogP contribution in [0.5, 0.6) is 0 Å². The highest BCUT2D eigenvalue weighted by Crippen LogP contribution is 2.40. The first-order valence-corrected chi connectivity index (χ1v) is 7.59. The van der Waals surface area contributed by atoms with Crippen molar-refractivity contribution in [3.8, 4) is 11.3 Å². The van der Waals surface area contributed by atoms with Gasteiger partial charge in [0.25, 0.3) is 5.69 Å². The molecule has 0 spiro atoms.